The highest BCUT2D eigenvalue weighted by Crippen LogP contribution is 2.43. The van der Waals surface area contributed by atoms with E-state index in [1.807, 2.05) is 13.8 Å². The number of nitrogens with zero attached hydrogens (tertiary/aromatic N) is 4. The van der Waals surface area contributed by atoms with Gasteiger partial charge >= 0.3 is 11.7 Å². The molecule has 0 fully saturated rings. The number of rotatable bonds is 13. The van der Waals surface area contributed by atoms with Gasteiger partial charge in [-0.15, -0.1) is 0 Å². The van der Waals surface area contributed by atoms with E-state index < -0.39 is 38.8 Å². The van der Waals surface area contributed by atoms with Crippen molar-refractivity contribution in [2.24, 2.45) is 4.99 Å². The van der Waals surface area contributed by atoms with Crippen LogP contribution in [0.5, 0.6) is 28.7 Å². The van der Waals surface area contributed by atoms with Crippen molar-refractivity contribution in [3.63, 3.8) is 0 Å². The molecule has 17 heteroatoms. The number of methoxy groups -OCH3 is 1. The highest BCUT2D eigenvalue weighted by molar-refractivity contribution is 9.10. The highest BCUT2D eigenvalue weighted by atomic mass is 79.9. The molecule has 52 heavy (non-hydrogen) atoms. The Morgan fingerprint density at radius 2 is 1.75 bits per heavy atom. The SMILES string of the molecule is CCOC(=O)C1=C(C)N=c2s/c(=C/c3cc(Br)c(Oc4ccc([N+](=O)[O-])cc4[N+](=O)[O-])c(OCC)c3)c(=O)n2[C@H]1c1ccc(OC(C)C)c(OC)c1. The molecule has 5 rings (SSSR count). The molecule has 4 aromatic rings. The van der Waals surface area contributed by atoms with Crippen molar-refractivity contribution in [1.29, 1.82) is 0 Å². The van der Waals surface area contributed by atoms with E-state index in [4.69, 9.17) is 23.7 Å². The minimum Gasteiger partial charge on any atom is -0.493 e. The van der Waals surface area contributed by atoms with Crippen LogP contribution in [-0.4, -0.2) is 46.8 Å². The summed E-state index contributed by atoms with van der Waals surface area (Å²) in [5, 5.41) is 23.0. The quantitative estimate of drug-likeness (QED) is 0.0833. The third kappa shape index (κ3) is 7.69. The van der Waals surface area contributed by atoms with Gasteiger partial charge in [0.2, 0.25) is 5.75 Å². The second-order valence-electron chi connectivity index (χ2n) is 11.4. The zero-order valence-corrected chi connectivity index (χ0v) is 31.2. The fourth-order valence-electron chi connectivity index (χ4n) is 5.46. The molecule has 0 bridgehead atoms. The lowest BCUT2D eigenvalue weighted by atomic mass is 9.95. The van der Waals surface area contributed by atoms with Crippen LogP contribution >= 0.6 is 27.3 Å². The fraction of sp³-hybridized carbons (Fsp3) is 0.286. The van der Waals surface area contributed by atoms with Crippen LogP contribution < -0.4 is 33.8 Å². The first-order chi connectivity index (χ1) is 24.8. The summed E-state index contributed by atoms with van der Waals surface area (Å²) in [6.07, 6.45) is 1.50. The summed E-state index contributed by atoms with van der Waals surface area (Å²) in [5.74, 6) is 0.313. The van der Waals surface area contributed by atoms with E-state index in [-0.39, 0.29) is 46.7 Å². The van der Waals surface area contributed by atoms with Crippen LogP contribution in [0, 0.1) is 20.2 Å². The number of nitro groups is 2. The van der Waals surface area contributed by atoms with Crippen LogP contribution in [0.1, 0.15) is 51.8 Å². The summed E-state index contributed by atoms with van der Waals surface area (Å²) < 4.78 is 30.7. The standard InChI is InChI=1S/C35H33BrN4O11S/c1-7-48-28-14-20(13-23(36)32(28)51-25-12-10-22(39(43)44)17-24(25)40(45)46)15-29-33(41)38-31(21-9-11-26(50-18(3)4)27(16-21)47-6)30(34(42)49-8-2)19(5)37-35(38)52-29/h9-18,31H,7-8H2,1-6H3/b29-15+/t31-/m0/s1. The molecule has 15 nitrogen and oxygen atoms in total. The third-order valence-electron chi connectivity index (χ3n) is 7.57. The Kier molecular flexibility index (Phi) is 11.4. The topological polar surface area (TPSA) is 184 Å². The molecule has 0 saturated carbocycles. The molecular weight excluding hydrogens is 764 g/mol. The van der Waals surface area contributed by atoms with E-state index in [9.17, 15) is 29.8 Å². The second-order valence-corrected chi connectivity index (χ2v) is 13.3. The number of fused-ring (bicyclic) bond motifs is 1. The molecule has 2 heterocycles. The summed E-state index contributed by atoms with van der Waals surface area (Å²) in [4.78, 5) is 54.0. The number of non-ortho nitro benzene ring substituents is 1. The zero-order valence-electron chi connectivity index (χ0n) is 28.8. The van der Waals surface area contributed by atoms with Crippen LogP contribution in [-0.2, 0) is 9.53 Å². The van der Waals surface area contributed by atoms with Crippen molar-refractivity contribution in [1.82, 2.24) is 4.57 Å². The van der Waals surface area contributed by atoms with E-state index in [1.165, 1.54) is 11.7 Å². The summed E-state index contributed by atoms with van der Waals surface area (Å²) in [6.45, 7) is 9.19. The van der Waals surface area contributed by atoms with Gasteiger partial charge in [0.15, 0.2) is 27.8 Å². The van der Waals surface area contributed by atoms with Crippen LogP contribution in [0.3, 0.4) is 0 Å². The molecular formula is C35H33BrN4O11S. The van der Waals surface area contributed by atoms with Crippen molar-refractivity contribution in [3.05, 3.63) is 115 Å². The molecule has 0 N–H and O–H groups in total. The largest absolute Gasteiger partial charge is 0.493 e. The number of nitro benzene ring substituents is 2. The van der Waals surface area contributed by atoms with Gasteiger partial charge in [-0.2, -0.15) is 0 Å². The molecule has 272 valence electrons. The van der Waals surface area contributed by atoms with Crippen molar-refractivity contribution in [2.75, 3.05) is 20.3 Å². The summed E-state index contributed by atoms with van der Waals surface area (Å²) in [6, 6.07) is 10.6. The minimum atomic E-state index is -0.904. The van der Waals surface area contributed by atoms with Crippen molar-refractivity contribution in [2.45, 2.75) is 46.8 Å². The van der Waals surface area contributed by atoms with Crippen molar-refractivity contribution >= 4 is 50.7 Å². The Morgan fingerprint density at radius 3 is 2.38 bits per heavy atom. The van der Waals surface area contributed by atoms with Gasteiger partial charge in [-0.1, -0.05) is 17.4 Å². The lowest BCUT2D eigenvalue weighted by Gasteiger charge is -2.25. The number of carbonyl (C=O) groups is 1. The lowest BCUT2D eigenvalue weighted by molar-refractivity contribution is -0.394. The second kappa shape index (κ2) is 15.8. The Morgan fingerprint density at radius 1 is 1.02 bits per heavy atom. The maximum Gasteiger partial charge on any atom is 0.338 e. The molecule has 1 aliphatic rings. The fourth-order valence-corrected chi connectivity index (χ4v) is 7.04. The predicted molar refractivity (Wildman–Crippen MR) is 194 cm³/mol. The number of esters is 1. The van der Waals surface area contributed by atoms with E-state index in [1.54, 1.807) is 57.2 Å². The number of halogens is 1. The number of benzene rings is 3. The van der Waals surface area contributed by atoms with E-state index >= 15 is 0 Å². The predicted octanol–water partition coefficient (Wildman–Crippen LogP) is 6.36. The normalized spacial score (nSPS) is 14.1. The van der Waals surface area contributed by atoms with Gasteiger partial charge < -0.3 is 23.7 Å². The number of carbonyl (C=O) groups excluding carboxylic acids is 1. The van der Waals surface area contributed by atoms with Crippen LogP contribution in [0.2, 0.25) is 0 Å². The maximum absolute atomic E-state index is 14.3. The van der Waals surface area contributed by atoms with Gasteiger partial charge in [-0.05, 0) is 98.1 Å². The molecule has 1 atom stereocenters. The molecule has 1 aliphatic heterocycles. The first kappa shape index (κ1) is 37.7. The number of ether oxygens (including phenoxy) is 5. The molecule has 0 unspecified atom stereocenters. The van der Waals surface area contributed by atoms with Crippen LogP contribution in [0.4, 0.5) is 11.4 Å². The zero-order chi connectivity index (χ0) is 37.9. The van der Waals surface area contributed by atoms with Crippen molar-refractivity contribution < 1.29 is 38.3 Å². The Hall–Kier alpha value is -5.55. The molecule has 0 aliphatic carbocycles. The van der Waals surface area contributed by atoms with Gasteiger partial charge in [0, 0.05) is 6.07 Å². The summed E-state index contributed by atoms with van der Waals surface area (Å²) in [5.41, 5.74) is 0.149. The van der Waals surface area contributed by atoms with Gasteiger partial charge in [0.05, 0.1) is 68.7 Å². The van der Waals surface area contributed by atoms with Gasteiger partial charge in [0.1, 0.15) is 0 Å². The maximum atomic E-state index is 14.3. The molecule has 1 aromatic heterocycles. The highest BCUT2D eigenvalue weighted by Gasteiger charge is 2.34. The van der Waals surface area contributed by atoms with Gasteiger partial charge in [-0.3, -0.25) is 29.6 Å². The van der Waals surface area contributed by atoms with Crippen LogP contribution in [0.25, 0.3) is 6.08 Å². The smallest absolute Gasteiger partial charge is 0.338 e. The van der Waals surface area contributed by atoms with Gasteiger partial charge in [0.25, 0.3) is 11.2 Å². The Balaban J connectivity index is 1.64. The molecule has 0 radical (unpaired) electrons. The van der Waals surface area contributed by atoms with Crippen LogP contribution in [0.15, 0.2) is 74.1 Å². The number of hydrogen-bond donors (Lipinski definition) is 0. The Labute approximate surface area is 308 Å². The van der Waals surface area contributed by atoms with E-state index in [0.717, 1.165) is 29.5 Å². The first-order valence-electron chi connectivity index (χ1n) is 15.9. The summed E-state index contributed by atoms with van der Waals surface area (Å²) >= 11 is 4.57. The average Bonchev–Trinajstić information content (AvgIpc) is 3.39. The van der Waals surface area contributed by atoms with Crippen molar-refractivity contribution in [3.8, 4) is 28.7 Å². The molecule has 3 aromatic carbocycles. The number of thiazole rings is 1. The number of aromatic nitrogens is 1. The third-order valence-corrected chi connectivity index (χ3v) is 9.15. The molecule has 0 saturated heterocycles. The molecule has 0 amide bonds. The summed E-state index contributed by atoms with van der Waals surface area (Å²) in [7, 11) is 1.50. The number of allylic oxidation sites excluding steroid dienone is 1. The molecule has 0 spiro atoms. The van der Waals surface area contributed by atoms with E-state index in [0.29, 0.717) is 37.6 Å². The average molecular weight is 798 g/mol. The Bertz CT molecular complexity index is 2300. The van der Waals surface area contributed by atoms with Gasteiger partial charge in [-0.25, -0.2) is 9.79 Å². The number of hydrogen-bond acceptors (Lipinski definition) is 13. The monoisotopic (exact) mass is 796 g/mol. The minimum absolute atomic E-state index is 0.0750. The first-order valence-corrected chi connectivity index (χ1v) is 17.5. The lowest BCUT2D eigenvalue weighted by Crippen LogP contribution is -2.40. The van der Waals surface area contributed by atoms with E-state index in [2.05, 4.69) is 20.9 Å².